The standard InChI is InChI=1S/C8H17IS/c1-2-3-4-5-6-7-8(9)10/h8,10H,2-7H2,1H3. The van der Waals surface area contributed by atoms with E-state index in [1.165, 1.54) is 38.5 Å². The Bertz CT molecular complexity index is 64.3. The minimum absolute atomic E-state index is 0.569. The van der Waals surface area contributed by atoms with Crippen molar-refractivity contribution in [3.63, 3.8) is 0 Å². The zero-order valence-electron chi connectivity index (χ0n) is 6.65. The third-order valence-corrected chi connectivity index (χ3v) is 2.43. The summed E-state index contributed by atoms with van der Waals surface area (Å²) in [6.07, 6.45) is 8.18. The van der Waals surface area contributed by atoms with Crippen LogP contribution >= 0.6 is 35.2 Å². The summed E-state index contributed by atoms with van der Waals surface area (Å²) in [5.74, 6) is 0. The number of halogens is 1. The van der Waals surface area contributed by atoms with Gasteiger partial charge in [-0.3, -0.25) is 0 Å². The highest BCUT2D eigenvalue weighted by atomic mass is 127. The van der Waals surface area contributed by atoms with Gasteiger partial charge in [-0.2, -0.15) is 12.6 Å². The van der Waals surface area contributed by atoms with E-state index in [4.69, 9.17) is 0 Å². The van der Waals surface area contributed by atoms with Gasteiger partial charge in [0.25, 0.3) is 0 Å². The molecular weight excluding hydrogens is 255 g/mol. The fraction of sp³-hybridized carbons (Fsp3) is 1.00. The van der Waals surface area contributed by atoms with Crippen LogP contribution in [0.1, 0.15) is 45.4 Å². The lowest BCUT2D eigenvalue weighted by atomic mass is 10.1. The average Bonchev–Trinajstić information content (AvgIpc) is 1.87. The van der Waals surface area contributed by atoms with Crippen LogP contribution in [0.3, 0.4) is 0 Å². The summed E-state index contributed by atoms with van der Waals surface area (Å²) in [6, 6.07) is 0. The van der Waals surface area contributed by atoms with Crippen molar-refractivity contribution in [2.24, 2.45) is 0 Å². The zero-order chi connectivity index (χ0) is 7.82. The molecule has 0 nitrogen and oxygen atoms in total. The molecule has 0 saturated carbocycles. The van der Waals surface area contributed by atoms with Crippen molar-refractivity contribution in [1.29, 1.82) is 0 Å². The topological polar surface area (TPSA) is 0 Å². The Morgan fingerprint density at radius 2 is 1.80 bits per heavy atom. The van der Waals surface area contributed by atoms with E-state index in [1.807, 2.05) is 0 Å². The molecule has 0 fully saturated rings. The first-order valence-electron chi connectivity index (χ1n) is 4.09. The maximum Gasteiger partial charge on any atom is 0.0534 e. The highest BCUT2D eigenvalue weighted by Crippen LogP contribution is 2.15. The summed E-state index contributed by atoms with van der Waals surface area (Å²) in [6.45, 7) is 2.25. The minimum atomic E-state index is 0.569. The molecule has 0 spiro atoms. The normalized spacial score (nSPS) is 13.5. The van der Waals surface area contributed by atoms with Gasteiger partial charge in [0.15, 0.2) is 0 Å². The first-order chi connectivity index (χ1) is 4.77. The average molecular weight is 272 g/mol. The SMILES string of the molecule is CCCCCCCC(S)I. The van der Waals surface area contributed by atoms with Crippen LogP contribution in [-0.2, 0) is 0 Å². The van der Waals surface area contributed by atoms with Crippen molar-refractivity contribution in [2.45, 2.75) is 48.7 Å². The molecule has 0 aromatic rings. The number of rotatable bonds is 6. The van der Waals surface area contributed by atoms with Crippen molar-refractivity contribution in [1.82, 2.24) is 0 Å². The van der Waals surface area contributed by atoms with E-state index in [0.717, 1.165) is 0 Å². The Morgan fingerprint density at radius 3 is 2.30 bits per heavy atom. The second-order valence-corrected chi connectivity index (χ2v) is 5.75. The smallest absolute Gasteiger partial charge is 0.0534 e. The molecular formula is C8H17IS. The van der Waals surface area contributed by atoms with Gasteiger partial charge in [-0.05, 0) is 6.42 Å². The first-order valence-corrected chi connectivity index (χ1v) is 5.85. The quantitative estimate of drug-likeness (QED) is 0.321. The largest absolute Gasteiger partial charge is 0.165 e. The Hall–Kier alpha value is 1.08. The molecule has 0 aliphatic heterocycles. The fourth-order valence-corrected chi connectivity index (χ4v) is 1.54. The highest BCUT2D eigenvalue weighted by molar-refractivity contribution is 14.1. The van der Waals surface area contributed by atoms with Crippen molar-refractivity contribution in [2.75, 3.05) is 0 Å². The highest BCUT2D eigenvalue weighted by Gasteiger charge is 1.94. The van der Waals surface area contributed by atoms with Crippen molar-refractivity contribution < 1.29 is 0 Å². The van der Waals surface area contributed by atoms with E-state index in [0.29, 0.717) is 3.26 Å². The summed E-state index contributed by atoms with van der Waals surface area (Å²) >= 11 is 6.68. The Kier molecular flexibility index (Phi) is 9.06. The number of hydrogen-bond donors (Lipinski definition) is 1. The second-order valence-electron chi connectivity index (χ2n) is 2.64. The molecule has 0 N–H and O–H groups in total. The van der Waals surface area contributed by atoms with E-state index in [9.17, 15) is 0 Å². The predicted octanol–water partition coefficient (Wildman–Crippen LogP) is 4.04. The molecule has 0 heterocycles. The van der Waals surface area contributed by atoms with Crippen LogP contribution < -0.4 is 0 Å². The van der Waals surface area contributed by atoms with Gasteiger partial charge in [0, 0.05) is 0 Å². The summed E-state index contributed by atoms with van der Waals surface area (Å²) < 4.78 is 0.569. The molecule has 2 heteroatoms. The van der Waals surface area contributed by atoms with Crippen molar-refractivity contribution in [3.8, 4) is 0 Å². The molecule has 10 heavy (non-hydrogen) atoms. The number of thiol groups is 1. The monoisotopic (exact) mass is 272 g/mol. The van der Waals surface area contributed by atoms with Crippen molar-refractivity contribution >= 4 is 35.2 Å². The molecule has 0 aromatic carbocycles. The fourth-order valence-electron chi connectivity index (χ4n) is 0.916. The Labute approximate surface area is 83.7 Å². The van der Waals surface area contributed by atoms with E-state index < -0.39 is 0 Å². The van der Waals surface area contributed by atoms with Gasteiger partial charge in [-0.15, -0.1) is 0 Å². The maximum atomic E-state index is 4.31. The van der Waals surface area contributed by atoms with Crippen LogP contribution in [0.2, 0.25) is 0 Å². The summed E-state index contributed by atoms with van der Waals surface area (Å²) in [5, 5.41) is 0. The number of alkyl halides is 1. The van der Waals surface area contributed by atoms with E-state index >= 15 is 0 Å². The van der Waals surface area contributed by atoms with E-state index in [1.54, 1.807) is 0 Å². The van der Waals surface area contributed by atoms with Gasteiger partial charge in [-0.25, -0.2) is 0 Å². The maximum absolute atomic E-state index is 4.31. The van der Waals surface area contributed by atoms with Gasteiger partial charge in [0.2, 0.25) is 0 Å². The lowest BCUT2D eigenvalue weighted by Gasteiger charge is -2.00. The minimum Gasteiger partial charge on any atom is -0.165 e. The van der Waals surface area contributed by atoms with Gasteiger partial charge in [0.1, 0.15) is 0 Å². The Morgan fingerprint density at radius 1 is 1.20 bits per heavy atom. The lowest BCUT2D eigenvalue weighted by Crippen LogP contribution is -1.85. The second kappa shape index (κ2) is 8.18. The van der Waals surface area contributed by atoms with Gasteiger partial charge in [0.05, 0.1) is 3.26 Å². The summed E-state index contributed by atoms with van der Waals surface area (Å²) in [7, 11) is 0. The van der Waals surface area contributed by atoms with Crippen LogP contribution in [0.15, 0.2) is 0 Å². The van der Waals surface area contributed by atoms with Crippen LogP contribution in [0, 0.1) is 0 Å². The lowest BCUT2D eigenvalue weighted by molar-refractivity contribution is 0.625. The van der Waals surface area contributed by atoms with E-state index in [2.05, 4.69) is 42.1 Å². The number of unbranched alkanes of at least 4 members (excludes halogenated alkanes) is 4. The van der Waals surface area contributed by atoms with Crippen LogP contribution in [0.5, 0.6) is 0 Å². The molecule has 0 radical (unpaired) electrons. The zero-order valence-corrected chi connectivity index (χ0v) is 9.70. The molecule has 0 rings (SSSR count). The van der Waals surface area contributed by atoms with Gasteiger partial charge < -0.3 is 0 Å². The molecule has 1 unspecified atom stereocenters. The molecule has 0 amide bonds. The molecule has 1 atom stereocenters. The molecule has 0 aliphatic carbocycles. The molecule has 0 saturated heterocycles. The summed E-state index contributed by atoms with van der Waals surface area (Å²) in [4.78, 5) is 0. The van der Waals surface area contributed by atoms with Crippen molar-refractivity contribution in [3.05, 3.63) is 0 Å². The van der Waals surface area contributed by atoms with Crippen LogP contribution in [-0.4, -0.2) is 3.26 Å². The molecule has 0 bridgehead atoms. The first kappa shape index (κ1) is 11.1. The van der Waals surface area contributed by atoms with E-state index in [-0.39, 0.29) is 0 Å². The van der Waals surface area contributed by atoms with Crippen LogP contribution in [0.25, 0.3) is 0 Å². The Balaban J connectivity index is 2.77. The molecule has 0 aromatic heterocycles. The predicted molar refractivity (Wildman–Crippen MR) is 60.2 cm³/mol. The summed E-state index contributed by atoms with van der Waals surface area (Å²) in [5.41, 5.74) is 0. The molecule has 62 valence electrons. The third-order valence-electron chi connectivity index (χ3n) is 1.55. The number of hydrogen-bond acceptors (Lipinski definition) is 1. The van der Waals surface area contributed by atoms with Gasteiger partial charge in [-0.1, -0.05) is 61.6 Å². The van der Waals surface area contributed by atoms with Crippen LogP contribution in [0.4, 0.5) is 0 Å². The van der Waals surface area contributed by atoms with Gasteiger partial charge >= 0.3 is 0 Å². The molecule has 0 aliphatic rings. The third kappa shape index (κ3) is 9.08.